The molecule has 2 aromatic carbocycles. The molecule has 0 aliphatic rings. The number of rotatable bonds is 3. The SMILES string of the molecule is Oc1ccc(Br)cc1/C=N/n1c(-c2ccccc2Cl)n[nH]c1=S. The summed E-state index contributed by atoms with van der Waals surface area (Å²) in [6.07, 6.45) is 1.51. The Morgan fingerprint density at radius 2 is 2.09 bits per heavy atom. The van der Waals surface area contributed by atoms with Gasteiger partial charge in [-0.05, 0) is 42.5 Å². The van der Waals surface area contributed by atoms with Crippen LogP contribution in [0.25, 0.3) is 11.4 Å². The molecule has 2 N–H and O–H groups in total. The summed E-state index contributed by atoms with van der Waals surface area (Å²) >= 11 is 14.8. The van der Waals surface area contributed by atoms with Gasteiger partial charge in [0.2, 0.25) is 4.77 Å². The Morgan fingerprint density at radius 1 is 1.30 bits per heavy atom. The van der Waals surface area contributed by atoms with E-state index >= 15 is 0 Å². The third kappa shape index (κ3) is 3.36. The molecule has 0 spiro atoms. The zero-order chi connectivity index (χ0) is 16.4. The average Bonchev–Trinajstić information content (AvgIpc) is 2.89. The van der Waals surface area contributed by atoms with Gasteiger partial charge < -0.3 is 5.11 Å². The minimum Gasteiger partial charge on any atom is -0.507 e. The minimum atomic E-state index is 0.117. The van der Waals surface area contributed by atoms with E-state index in [0.717, 1.165) is 4.47 Å². The molecule has 0 bridgehead atoms. The van der Waals surface area contributed by atoms with E-state index in [0.29, 0.717) is 26.7 Å². The topological polar surface area (TPSA) is 66.2 Å². The molecule has 0 aliphatic heterocycles. The van der Waals surface area contributed by atoms with Crippen LogP contribution in [0.3, 0.4) is 0 Å². The van der Waals surface area contributed by atoms with Crippen molar-refractivity contribution in [3.8, 4) is 17.1 Å². The Bertz CT molecular complexity index is 951. The van der Waals surface area contributed by atoms with Crippen molar-refractivity contribution in [1.29, 1.82) is 0 Å². The lowest BCUT2D eigenvalue weighted by Crippen LogP contribution is -1.95. The number of nitrogens with one attached hydrogen (secondary N) is 1. The molecular formula is C15H10BrClN4OS. The Morgan fingerprint density at radius 3 is 2.87 bits per heavy atom. The van der Waals surface area contributed by atoms with Crippen LogP contribution in [0.1, 0.15) is 5.56 Å². The van der Waals surface area contributed by atoms with Crippen LogP contribution in [-0.2, 0) is 0 Å². The second-order valence-electron chi connectivity index (χ2n) is 4.59. The van der Waals surface area contributed by atoms with E-state index in [1.807, 2.05) is 18.2 Å². The van der Waals surface area contributed by atoms with Gasteiger partial charge in [-0.15, -0.1) is 0 Å². The molecule has 0 amide bonds. The fourth-order valence-corrected chi connectivity index (χ4v) is 2.74. The Balaban J connectivity index is 2.06. The van der Waals surface area contributed by atoms with Crippen LogP contribution in [0.5, 0.6) is 5.75 Å². The van der Waals surface area contributed by atoms with Crippen LogP contribution < -0.4 is 0 Å². The maximum atomic E-state index is 9.87. The second-order valence-corrected chi connectivity index (χ2v) is 6.30. The molecule has 8 heteroatoms. The lowest BCUT2D eigenvalue weighted by molar-refractivity contribution is 0.474. The smallest absolute Gasteiger partial charge is 0.216 e. The van der Waals surface area contributed by atoms with Gasteiger partial charge >= 0.3 is 0 Å². The van der Waals surface area contributed by atoms with Gasteiger partial charge in [0.05, 0.1) is 11.2 Å². The number of hydrogen-bond donors (Lipinski definition) is 2. The first-order valence-corrected chi connectivity index (χ1v) is 8.09. The molecule has 5 nitrogen and oxygen atoms in total. The number of phenolic OH excluding ortho intramolecular Hbond substituents is 1. The third-order valence-corrected chi connectivity index (χ3v) is 4.15. The molecule has 0 radical (unpaired) electrons. The van der Waals surface area contributed by atoms with Crippen molar-refractivity contribution in [3.63, 3.8) is 0 Å². The molecule has 0 unspecified atom stereocenters. The summed E-state index contributed by atoms with van der Waals surface area (Å²) in [6, 6.07) is 12.4. The van der Waals surface area contributed by atoms with Gasteiger partial charge in [-0.1, -0.05) is 39.7 Å². The largest absolute Gasteiger partial charge is 0.507 e. The molecule has 0 saturated carbocycles. The number of hydrogen-bond acceptors (Lipinski definition) is 4. The highest BCUT2D eigenvalue weighted by molar-refractivity contribution is 9.10. The lowest BCUT2D eigenvalue weighted by atomic mass is 10.2. The van der Waals surface area contributed by atoms with Crippen LogP contribution in [0, 0.1) is 4.77 Å². The first kappa shape index (κ1) is 15.9. The van der Waals surface area contributed by atoms with E-state index in [1.165, 1.54) is 10.9 Å². The lowest BCUT2D eigenvalue weighted by Gasteiger charge is -2.03. The van der Waals surface area contributed by atoms with Crippen LogP contribution in [0.15, 0.2) is 52.0 Å². The highest BCUT2D eigenvalue weighted by Crippen LogP contribution is 2.26. The standard InChI is InChI=1S/C15H10BrClN4OS/c16-10-5-6-13(22)9(7-10)8-18-21-14(19-20-15(21)23)11-3-1-2-4-12(11)17/h1-8,22H,(H,20,23)/b18-8+. The molecule has 3 rings (SSSR count). The summed E-state index contributed by atoms with van der Waals surface area (Å²) < 4.78 is 2.61. The van der Waals surface area contributed by atoms with E-state index in [2.05, 4.69) is 31.2 Å². The first-order valence-electron chi connectivity index (χ1n) is 6.51. The fraction of sp³-hybridized carbons (Fsp3) is 0. The molecule has 23 heavy (non-hydrogen) atoms. The maximum Gasteiger partial charge on any atom is 0.216 e. The van der Waals surface area contributed by atoms with Gasteiger partial charge in [-0.2, -0.15) is 14.9 Å². The number of aromatic amines is 1. The van der Waals surface area contributed by atoms with Crippen molar-refractivity contribution in [1.82, 2.24) is 14.9 Å². The van der Waals surface area contributed by atoms with Gasteiger partial charge in [0.1, 0.15) is 5.75 Å². The quantitative estimate of drug-likeness (QED) is 0.490. The normalized spacial score (nSPS) is 11.2. The van der Waals surface area contributed by atoms with E-state index in [-0.39, 0.29) is 5.75 Å². The number of H-pyrrole nitrogens is 1. The molecule has 0 fully saturated rings. The Labute approximate surface area is 150 Å². The first-order chi connectivity index (χ1) is 11.1. The minimum absolute atomic E-state index is 0.117. The van der Waals surface area contributed by atoms with Gasteiger partial charge in [-0.3, -0.25) is 0 Å². The van der Waals surface area contributed by atoms with E-state index in [1.54, 1.807) is 24.3 Å². The van der Waals surface area contributed by atoms with E-state index in [9.17, 15) is 5.11 Å². The van der Waals surface area contributed by atoms with Gasteiger partial charge in [0, 0.05) is 15.6 Å². The number of aromatic hydroxyl groups is 1. The summed E-state index contributed by atoms with van der Waals surface area (Å²) in [7, 11) is 0. The second kappa shape index (κ2) is 6.66. The predicted molar refractivity (Wildman–Crippen MR) is 96.7 cm³/mol. The van der Waals surface area contributed by atoms with Crippen molar-refractivity contribution in [2.24, 2.45) is 5.10 Å². The molecule has 1 aromatic heterocycles. The fourth-order valence-electron chi connectivity index (χ4n) is 1.96. The summed E-state index contributed by atoms with van der Waals surface area (Å²) in [4.78, 5) is 0. The molecular weight excluding hydrogens is 400 g/mol. The Kier molecular flexibility index (Phi) is 4.61. The number of halogens is 2. The van der Waals surface area contributed by atoms with Crippen molar-refractivity contribution < 1.29 is 5.11 Å². The van der Waals surface area contributed by atoms with Crippen LogP contribution in [0.2, 0.25) is 5.02 Å². The molecule has 3 aromatic rings. The van der Waals surface area contributed by atoms with Gasteiger partial charge in [0.25, 0.3) is 0 Å². The van der Waals surface area contributed by atoms with Crippen LogP contribution >= 0.6 is 39.7 Å². The summed E-state index contributed by atoms with van der Waals surface area (Å²) in [6.45, 7) is 0. The highest BCUT2D eigenvalue weighted by atomic mass is 79.9. The molecule has 116 valence electrons. The number of aromatic nitrogens is 3. The Hall–Kier alpha value is -1.96. The summed E-state index contributed by atoms with van der Waals surface area (Å²) in [5, 5.41) is 21.6. The number of nitrogens with zero attached hydrogens (tertiary/aromatic N) is 3. The monoisotopic (exact) mass is 408 g/mol. The van der Waals surface area contributed by atoms with Crippen LogP contribution in [0.4, 0.5) is 0 Å². The van der Waals surface area contributed by atoms with E-state index < -0.39 is 0 Å². The summed E-state index contributed by atoms with van der Waals surface area (Å²) in [5.74, 6) is 0.609. The van der Waals surface area contributed by atoms with Crippen molar-refractivity contribution in [2.45, 2.75) is 0 Å². The maximum absolute atomic E-state index is 9.87. The zero-order valence-electron chi connectivity index (χ0n) is 11.6. The third-order valence-electron chi connectivity index (χ3n) is 3.07. The van der Waals surface area contributed by atoms with Gasteiger partial charge in [-0.25, -0.2) is 5.10 Å². The molecule has 0 atom stereocenters. The van der Waals surface area contributed by atoms with Gasteiger partial charge in [0.15, 0.2) is 5.82 Å². The predicted octanol–water partition coefficient (Wildman–Crippen LogP) is 4.61. The van der Waals surface area contributed by atoms with E-state index in [4.69, 9.17) is 23.8 Å². The number of phenols is 1. The average molecular weight is 410 g/mol. The van der Waals surface area contributed by atoms with Crippen LogP contribution in [-0.4, -0.2) is 26.2 Å². The number of benzene rings is 2. The molecule has 1 heterocycles. The highest BCUT2D eigenvalue weighted by Gasteiger charge is 2.11. The molecule has 0 aliphatic carbocycles. The zero-order valence-corrected chi connectivity index (χ0v) is 14.7. The van der Waals surface area contributed by atoms with Crippen molar-refractivity contribution in [3.05, 3.63) is 62.3 Å². The van der Waals surface area contributed by atoms with Crippen molar-refractivity contribution >= 4 is 46.0 Å². The van der Waals surface area contributed by atoms with Crippen molar-refractivity contribution in [2.75, 3.05) is 0 Å². The molecule has 0 saturated heterocycles. The summed E-state index contributed by atoms with van der Waals surface area (Å²) in [5.41, 5.74) is 1.25.